The molecule has 1 aromatic carbocycles. The zero-order valence-electron chi connectivity index (χ0n) is 11.6. The lowest BCUT2D eigenvalue weighted by atomic mass is 9.97. The summed E-state index contributed by atoms with van der Waals surface area (Å²) in [4.78, 5) is 14.4. The van der Waals surface area contributed by atoms with Crippen molar-refractivity contribution in [1.82, 2.24) is 10.2 Å². The number of Topliss-reactive ketones (excluding diaryl/α,β-unsaturated/α-hetero) is 1. The molecule has 1 aliphatic carbocycles. The van der Waals surface area contributed by atoms with E-state index in [1.807, 2.05) is 0 Å². The van der Waals surface area contributed by atoms with E-state index in [4.69, 9.17) is 0 Å². The SMILES string of the molecule is CC(=O)C(c1ccc2c(c1)CCC2)N1CCNCC1. The first kappa shape index (κ1) is 12.8. The molecule has 19 heavy (non-hydrogen) atoms. The van der Waals surface area contributed by atoms with Crippen LogP contribution in [0.3, 0.4) is 0 Å². The number of nitrogens with one attached hydrogen (secondary N) is 1. The van der Waals surface area contributed by atoms with E-state index < -0.39 is 0 Å². The van der Waals surface area contributed by atoms with Crippen LogP contribution in [0.1, 0.15) is 36.1 Å². The number of rotatable bonds is 3. The molecule has 1 atom stereocenters. The van der Waals surface area contributed by atoms with Gasteiger partial charge in [-0.1, -0.05) is 18.2 Å². The maximum absolute atomic E-state index is 12.1. The molecule has 3 rings (SSSR count). The van der Waals surface area contributed by atoms with Crippen molar-refractivity contribution < 1.29 is 4.79 Å². The van der Waals surface area contributed by atoms with Gasteiger partial charge in [0.25, 0.3) is 0 Å². The third-order valence-electron chi connectivity index (χ3n) is 4.34. The van der Waals surface area contributed by atoms with Crippen molar-refractivity contribution in [2.75, 3.05) is 26.2 Å². The summed E-state index contributed by atoms with van der Waals surface area (Å²) in [6.45, 7) is 5.60. The number of hydrogen-bond acceptors (Lipinski definition) is 3. The average molecular weight is 258 g/mol. The zero-order chi connectivity index (χ0) is 13.2. The van der Waals surface area contributed by atoms with E-state index >= 15 is 0 Å². The highest BCUT2D eigenvalue weighted by atomic mass is 16.1. The van der Waals surface area contributed by atoms with Gasteiger partial charge in [0.15, 0.2) is 5.78 Å². The summed E-state index contributed by atoms with van der Waals surface area (Å²) in [5.74, 6) is 0.264. The van der Waals surface area contributed by atoms with E-state index in [1.165, 1.54) is 36.0 Å². The van der Waals surface area contributed by atoms with E-state index in [2.05, 4.69) is 28.4 Å². The molecule has 1 fully saturated rings. The third-order valence-corrected chi connectivity index (χ3v) is 4.34. The molecule has 0 saturated carbocycles. The van der Waals surface area contributed by atoms with Gasteiger partial charge in [-0.25, -0.2) is 0 Å². The average Bonchev–Trinajstić information content (AvgIpc) is 2.87. The largest absolute Gasteiger partial charge is 0.314 e. The van der Waals surface area contributed by atoms with Crippen LogP contribution in [0.5, 0.6) is 0 Å². The van der Waals surface area contributed by atoms with Crippen LogP contribution in [0.25, 0.3) is 0 Å². The molecule has 0 aromatic heterocycles. The highest BCUT2D eigenvalue weighted by molar-refractivity contribution is 5.83. The van der Waals surface area contributed by atoms with Gasteiger partial charge in [0.2, 0.25) is 0 Å². The molecule has 1 saturated heterocycles. The summed E-state index contributed by atoms with van der Waals surface area (Å²) in [6, 6.07) is 6.62. The lowest BCUT2D eigenvalue weighted by Gasteiger charge is -2.34. The van der Waals surface area contributed by atoms with Gasteiger partial charge in [0.05, 0.1) is 6.04 Å². The topological polar surface area (TPSA) is 32.3 Å². The lowest BCUT2D eigenvalue weighted by molar-refractivity contribution is -0.122. The minimum Gasteiger partial charge on any atom is -0.314 e. The third kappa shape index (κ3) is 2.58. The van der Waals surface area contributed by atoms with E-state index in [9.17, 15) is 4.79 Å². The molecule has 2 aliphatic rings. The molecule has 1 aliphatic heterocycles. The number of piperazine rings is 1. The van der Waals surface area contributed by atoms with Crippen LogP contribution >= 0.6 is 0 Å². The number of hydrogen-bond donors (Lipinski definition) is 1. The summed E-state index contributed by atoms with van der Waals surface area (Å²) in [5.41, 5.74) is 4.13. The van der Waals surface area contributed by atoms with Crippen LogP contribution in [0.2, 0.25) is 0 Å². The Morgan fingerprint density at radius 1 is 1.21 bits per heavy atom. The molecule has 102 valence electrons. The minimum absolute atomic E-state index is 0.0481. The number of carbonyl (C=O) groups excluding carboxylic acids is 1. The predicted molar refractivity (Wildman–Crippen MR) is 76.3 cm³/mol. The number of fused-ring (bicyclic) bond motifs is 1. The first-order valence-corrected chi connectivity index (χ1v) is 7.32. The number of carbonyl (C=O) groups is 1. The molecule has 0 bridgehead atoms. The maximum atomic E-state index is 12.1. The van der Waals surface area contributed by atoms with Crippen LogP contribution in [-0.2, 0) is 17.6 Å². The zero-order valence-corrected chi connectivity index (χ0v) is 11.6. The Hall–Kier alpha value is -1.19. The van der Waals surface area contributed by atoms with E-state index in [0.717, 1.165) is 26.2 Å². The summed E-state index contributed by atoms with van der Waals surface area (Å²) in [7, 11) is 0. The fourth-order valence-electron chi connectivity index (χ4n) is 3.40. The van der Waals surface area contributed by atoms with E-state index in [-0.39, 0.29) is 11.8 Å². The Bertz CT molecular complexity index is 478. The van der Waals surface area contributed by atoms with Crippen LogP contribution in [0, 0.1) is 0 Å². The van der Waals surface area contributed by atoms with Gasteiger partial charge < -0.3 is 5.32 Å². The second kappa shape index (κ2) is 5.43. The summed E-state index contributed by atoms with van der Waals surface area (Å²) in [5, 5.41) is 3.35. The van der Waals surface area contributed by atoms with Gasteiger partial charge in [-0.3, -0.25) is 9.69 Å². The number of nitrogens with zero attached hydrogens (tertiary/aromatic N) is 1. The smallest absolute Gasteiger partial charge is 0.151 e. The monoisotopic (exact) mass is 258 g/mol. The van der Waals surface area contributed by atoms with Crippen molar-refractivity contribution in [3.05, 3.63) is 34.9 Å². The van der Waals surface area contributed by atoms with Gasteiger partial charge in [0, 0.05) is 26.2 Å². The quantitative estimate of drug-likeness (QED) is 0.896. The highest BCUT2D eigenvalue weighted by Gasteiger charge is 2.26. The molecule has 1 N–H and O–H groups in total. The molecular formula is C16H22N2O. The summed E-state index contributed by atoms with van der Waals surface area (Å²) < 4.78 is 0. The van der Waals surface area contributed by atoms with Crippen molar-refractivity contribution in [2.24, 2.45) is 0 Å². The minimum atomic E-state index is -0.0481. The van der Waals surface area contributed by atoms with Crippen molar-refractivity contribution in [1.29, 1.82) is 0 Å². The molecule has 1 aromatic rings. The van der Waals surface area contributed by atoms with Crippen molar-refractivity contribution in [3.8, 4) is 0 Å². The molecule has 3 nitrogen and oxygen atoms in total. The highest BCUT2D eigenvalue weighted by Crippen LogP contribution is 2.28. The Morgan fingerprint density at radius 3 is 2.68 bits per heavy atom. The Balaban J connectivity index is 1.89. The first-order valence-electron chi connectivity index (χ1n) is 7.32. The normalized spacial score (nSPS) is 21.1. The number of benzene rings is 1. The second-order valence-electron chi connectivity index (χ2n) is 5.68. The van der Waals surface area contributed by atoms with E-state index in [1.54, 1.807) is 6.92 Å². The molecule has 1 heterocycles. The van der Waals surface area contributed by atoms with Gasteiger partial charge >= 0.3 is 0 Å². The Labute approximate surface area is 115 Å². The number of aryl methyl sites for hydroxylation is 2. The molecular weight excluding hydrogens is 236 g/mol. The number of ketones is 1. The van der Waals surface area contributed by atoms with Crippen molar-refractivity contribution >= 4 is 5.78 Å². The van der Waals surface area contributed by atoms with Crippen LogP contribution < -0.4 is 5.32 Å². The van der Waals surface area contributed by atoms with Crippen LogP contribution in [-0.4, -0.2) is 36.9 Å². The predicted octanol–water partition coefficient (Wildman–Crippen LogP) is 1.71. The Morgan fingerprint density at radius 2 is 1.95 bits per heavy atom. The summed E-state index contributed by atoms with van der Waals surface area (Å²) >= 11 is 0. The lowest BCUT2D eigenvalue weighted by Crippen LogP contribution is -2.46. The molecule has 0 radical (unpaired) electrons. The Kier molecular flexibility index (Phi) is 3.67. The first-order chi connectivity index (χ1) is 9.25. The molecule has 0 amide bonds. The van der Waals surface area contributed by atoms with Gasteiger partial charge in [-0.05, 0) is 42.9 Å². The fraction of sp³-hybridized carbons (Fsp3) is 0.562. The van der Waals surface area contributed by atoms with Crippen LogP contribution in [0.15, 0.2) is 18.2 Å². The molecule has 3 heteroatoms. The fourth-order valence-corrected chi connectivity index (χ4v) is 3.40. The van der Waals surface area contributed by atoms with Crippen molar-refractivity contribution in [2.45, 2.75) is 32.2 Å². The summed E-state index contributed by atoms with van der Waals surface area (Å²) in [6.07, 6.45) is 3.64. The second-order valence-corrected chi connectivity index (χ2v) is 5.68. The van der Waals surface area contributed by atoms with E-state index in [0.29, 0.717) is 0 Å². The standard InChI is InChI=1S/C16H22N2O/c1-12(19)16(18-9-7-17-8-10-18)15-6-5-13-3-2-4-14(13)11-15/h5-6,11,16-17H,2-4,7-10H2,1H3. The van der Waals surface area contributed by atoms with Gasteiger partial charge in [0.1, 0.15) is 0 Å². The maximum Gasteiger partial charge on any atom is 0.151 e. The van der Waals surface area contributed by atoms with Gasteiger partial charge in [-0.15, -0.1) is 0 Å². The van der Waals surface area contributed by atoms with Crippen LogP contribution in [0.4, 0.5) is 0 Å². The molecule has 0 spiro atoms. The van der Waals surface area contributed by atoms with Gasteiger partial charge in [-0.2, -0.15) is 0 Å². The molecule has 1 unspecified atom stereocenters. The van der Waals surface area contributed by atoms with Crippen molar-refractivity contribution in [3.63, 3.8) is 0 Å².